The van der Waals surface area contributed by atoms with Crippen molar-refractivity contribution in [1.82, 2.24) is 31.9 Å². The number of hydrogen-bond donors (Lipinski definition) is 19. The molecule has 11 bridgehead atoms. The molecule has 0 unspecified atom stereocenters. The van der Waals surface area contributed by atoms with Gasteiger partial charge in [-0.1, -0.05) is 49.7 Å². The number of anilines is 1. The molecule has 8 aliphatic heterocycles. The quantitative estimate of drug-likeness (QED) is 0.0498. The molecule has 22 atom stereocenters. The zero-order valence-electron chi connectivity index (χ0n) is 64.5. The Bertz CT molecular complexity index is 4970. The molecule has 0 aliphatic carbocycles. The third kappa shape index (κ3) is 17.5. The number of methoxy groups -OCH3 is 1. The van der Waals surface area contributed by atoms with Gasteiger partial charge in [-0.25, -0.2) is 4.79 Å². The van der Waals surface area contributed by atoms with Crippen LogP contribution in [0.3, 0.4) is 0 Å². The number of carboxylic acids is 1. The maximum Gasteiger partial charge on any atom is 0.330 e. The summed E-state index contributed by atoms with van der Waals surface area (Å²) in [5, 5.41) is 129. The topological polar surface area (TPSA) is 610 Å². The summed E-state index contributed by atoms with van der Waals surface area (Å²) in [5.41, 5.74) is 11.0. The lowest BCUT2D eigenvalue weighted by Crippen LogP contribution is -2.64. The summed E-state index contributed by atoms with van der Waals surface area (Å²) in [5.74, 6) is -17.1. The van der Waals surface area contributed by atoms with Crippen LogP contribution in [0.25, 0.3) is 11.1 Å². The first-order chi connectivity index (χ1) is 55.6. The van der Waals surface area contributed by atoms with Crippen molar-refractivity contribution in [3.8, 4) is 62.9 Å². The van der Waals surface area contributed by atoms with E-state index in [4.69, 9.17) is 71.4 Å². The normalized spacial score (nSPS) is 30.8. The van der Waals surface area contributed by atoms with Gasteiger partial charge in [0.15, 0.2) is 42.0 Å². The number of aromatic hydroxyl groups is 3. The second kappa shape index (κ2) is 34.2. The maximum atomic E-state index is 16.5. The number of halogens is 1. The average molecular weight is 1670 g/mol. The van der Waals surface area contributed by atoms with E-state index in [2.05, 4.69) is 31.9 Å². The summed E-state index contributed by atoms with van der Waals surface area (Å²) in [7, 11) is 2.42. The highest BCUT2D eigenvalue weighted by molar-refractivity contribution is 6.32. The Morgan fingerprint density at radius 1 is 0.669 bits per heavy atom. The van der Waals surface area contributed by atoms with Crippen molar-refractivity contribution >= 4 is 64.6 Å². The van der Waals surface area contributed by atoms with Crippen LogP contribution >= 0.6 is 11.6 Å². The molecule has 8 heterocycles. The van der Waals surface area contributed by atoms with E-state index in [1.165, 1.54) is 65.1 Å². The van der Waals surface area contributed by atoms with Gasteiger partial charge in [0.1, 0.15) is 101 Å². The number of fused-ring (bicyclic) bond motifs is 15. The molecular weight excluding hydrogens is 1580 g/mol. The van der Waals surface area contributed by atoms with Crippen LogP contribution in [0, 0.1) is 5.92 Å². The van der Waals surface area contributed by atoms with Crippen LogP contribution in [0.5, 0.6) is 51.7 Å². The molecule has 3 fully saturated rings. The SMILES string of the molecule is COc1c(N(C)[C@H](CC(C)C)C(=O)N[C@H]2C(=O)N[C@@H](CC(N)=O)C(=O)N[C@H]3C(=O)N[C@H]4C(=O)N[C@H](C(=O)N[C@@H](C(=O)O)c5cc(O)cc(O)c5-c5cc4ccc5O)[C@H](O[C@H]4C[C@](C)(N)[C@@H](O)[C@H](C)O4)c4ccc(cc4)Oc4cc3cc(c4O[C@@H]3O[C@H](CO)[C@@H](O)[C@H](O)[C@H]3O[C@H]3C[C@](C)(N)[C@@H](O)[C@H](C)O3)Oc3ccc(cc3Cl)[C@H]2O)c(=O)c1=O. The Morgan fingerprint density at radius 3 is 1.87 bits per heavy atom. The molecule has 14 rings (SSSR count). The number of nitrogens with one attached hydrogen (secondary N) is 6. The number of likely N-dealkylation sites (N-methyl/N-ethyl adjacent to an activating group) is 1. The van der Waals surface area contributed by atoms with Crippen LogP contribution in [-0.4, -0.2) is 222 Å². The van der Waals surface area contributed by atoms with Gasteiger partial charge in [0.2, 0.25) is 53.4 Å². The highest BCUT2D eigenvalue weighted by atomic mass is 35.5. The number of carbonyl (C=O) groups is 8. The molecule has 0 saturated carbocycles. The number of amides is 7. The number of ether oxygens (including phenoxy) is 9. The standard InChI is InChI=1S/C78H91ClN10O29/c1-28(2)17-41(89(7)57-60(97)62(99)65(57)110-8)70(103)87-55-58(95)33-12-16-44(39(79)19-33)114-46-21-34-20-45(64(46)118-76-66(61(98)59(96)47(27-90)115-76)117-50-26-78(6,82)68(101)30(4)112-50)113-36-13-9-31(10-14-36)63(116-49-25-77(5,81)67(100)29(3)111-49)56-74(107)86-54(75(108)109)38-22-35(91)23-43(93)51(38)37-18-32(11-15-42(37)92)52(71(104)88-56)85-72(105)53(34)84-69(102)40(24-48(80)94)83-73(55)106/h9-16,18-23,28-30,40-41,47,49-50,52-56,58-59,61,63,66-68,76,90-93,95-96,98,100-101H,17,24-27,81-82H2,1-8H3,(H2,80,94)(H,83,106)(H,84,102)(H,85,105)(H,86,107)(H,87,103)(H,88,104)(H,108,109)/t29-,30-,40-,41+,47+,49-,50-,52+,53+,54+,55+,56-,58+,59+,61-,63+,66+,67-,68-,76-,77-,78-/m0/s1. The van der Waals surface area contributed by atoms with E-state index in [-0.39, 0.29) is 59.1 Å². The summed E-state index contributed by atoms with van der Waals surface area (Å²) in [6.07, 6.45) is -23.3. The first kappa shape index (κ1) is 86.5. The van der Waals surface area contributed by atoms with Crippen molar-refractivity contribution in [3.63, 3.8) is 0 Å². The predicted octanol–water partition coefficient (Wildman–Crippen LogP) is -0.788. The molecule has 0 radical (unpaired) electrons. The lowest BCUT2D eigenvalue weighted by atomic mass is 9.86. The molecule has 6 aromatic rings. The zero-order valence-corrected chi connectivity index (χ0v) is 65.3. The number of aliphatic hydroxyl groups excluding tert-OH is 6. The molecule has 8 aliphatic rings. The van der Waals surface area contributed by atoms with Gasteiger partial charge < -0.3 is 148 Å². The van der Waals surface area contributed by atoms with Gasteiger partial charge in [0.25, 0.3) is 10.9 Å². The van der Waals surface area contributed by atoms with Crippen LogP contribution < -0.4 is 83.8 Å². The van der Waals surface area contributed by atoms with Gasteiger partial charge in [0, 0.05) is 53.7 Å². The molecule has 6 aromatic carbocycles. The van der Waals surface area contributed by atoms with Crippen LogP contribution in [0.4, 0.5) is 5.69 Å². The smallest absolute Gasteiger partial charge is 0.330 e. The molecule has 39 nitrogen and oxygen atoms in total. The van der Waals surface area contributed by atoms with Gasteiger partial charge >= 0.3 is 5.97 Å². The average Bonchev–Trinajstić information content (AvgIpc) is 0.775. The van der Waals surface area contributed by atoms with Gasteiger partial charge in [-0.05, 0) is 117 Å². The highest BCUT2D eigenvalue weighted by Crippen LogP contribution is 2.50. The zero-order chi connectivity index (χ0) is 85.9. The summed E-state index contributed by atoms with van der Waals surface area (Å²) >= 11 is 7.19. The van der Waals surface area contributed by atoms with Gasteiger partial charge in [-0.2, -0.15) is 0 Å². The predicted molar refractivity (Wildman–Crippen MR) is 408 cm³/mol. The Morgan fingerprint density at radius 2 is 1.27 bits per heavy atom. The Hall–Kier alpha value is -10.9. The van der Waals surface area contributed by atoms with E-state index in [9.17, 15) is 75.0 Å². The first-order valence-electron chi connectivity index (χ1n) is 37.4. The Balaban J connectivity index is 1.10. The van der Waals surface area contributed by atoms with Crippen molar-refractivity contribution in [1.29, 1.82) is 0 Å². The largest absolute Gasteiger partial charge is 0.508 e. The van der Waals surface area contributed by atoms with Crippen LogP contribution in [0.1, 0.15) is 125 Å². The molecule has 118 heavy (non-hydrogen) atoms. The molecule has 634 valence electrons. The van der Waals surface area contributed by atoms with E-state index in [0.717, 1.165) is 66.6 Å². The number of aliphatic carboxylic acids is 1. The minimum Gasteiger partial charge on any atom is -0.508 e. The van der Waals surface area contributed by atoms with Crippen LogP contribution in [-0.2, 0) is 62.0 Å². The number of aliphatic hydroxyl groups is 6. The third-order valence-electron chi connectivity index (χ3n) is 21.6. The van der Waals surface area contributed by atoms with Crippen molar-refractivity contribution < 1.29 is 132 Å². The van der Waals surface area contributed by atoms with E-state index < -0.39 is 272 Å². The second-order valence-corrected chi connectivity index (χ2v) is 31.4. The minimum absolute atomic E-state index is 0.0661. The molecule has 3 saturated heterocycles. The maximum absolute atomic E-state index is 16.5. The monoisotopic (exact) mass is 1670 g/mol. The fourth-order valence-corrected chi connectivity index (χ4v) is 15.5. The van der Waals surface area contributed by atoms with E-state index in [0.29, 0.717) is 0 Å². The van der Waals surface area contributed by atoms with E-state index in [1.807, 2.05) is 0 Å². The number of phenols is 3. The van der Waals surface area contributed by atoms with Gasteiger partial charge in [-0.3, -0.25) is 43.2 Å². The molecule has 7 amide bonds. The van der Waals surface area contributed by atoms with Crippen LogP contribution in [0.2, 0.25) is 5.02 Å². The van der Waals surface area contributed by atoms with Gasteiger partial charge in [-0.15, -0.1) is 0 Å². The number of primary amides is 1. The number of hydrogen-bond acceptors (Lipinski definition) is 31. The van der Waals surface area contributed by atoms with Crippen molar-refractivity contribution in [2.45, 2.75) is 201 Å². The van der Waals surface area contributed by atoms with E-state index in [1.54, 1.807) is 13.8 Å². The number of carboxylic acid groups (broad SMARTS) is 1. The summed E-state index contributed by atoms with van der Waals surface area (Å²) in [6, 6.07) is 0.102. The van der Waals surface area contributed by atoms with Gasteiger partial charge in [0.05, 0.1) is 49.6 Å². The molecule has 0 spiro atoms. The Kier molecular flexibility index (Phi) is 25.1. The van der Waals surface area contributed by atoms with Crippen molar-refractivity contribution in [2.24, 2.45) is 23.1 Å². The van der Waals surface area contributed by atoms with Crippen LogP contribution in [0.15, 0.2) is 94.5 Å². The molecule has 40 heteroatoms. The summed E-state index contributed by atoms with van der Waals surface area (Å²) < 4.78 is 56.9. The number of nitrogens with two attached hydrogens (primary N) is 3. The summed E-state index contributed by atoms with van der Waals surface area (Å²) in [4.78, 5) is 148. The summed E-state index contributed by atoms with van der Waals surface area (Å²) in [6.45, 7) is 8.34. The molecule has 0 aromatic heterocycles. The minimum atomic E-state index is -2.42. The Labute approximate surface area is 676 Å². The number of carbonyl (C=O) groups excluding carboxylic acids is 7. The number of nitrogens with zero attached hydrogens (tertiary/aromatic N) is 1. The molecular formula is C78H91ClN10O29. The van der Waals surface area contributed by atoms with Crippen molar-refractivity contribution in [2.75, 3.05) is 25.7 Å². The second-order valence-electron chi connectivity index (χ2n) is 31.0. The fourth-order valence-electron chi connectivity index (χ4n) is 15.3. The van der Waals surface area contributed by atoms with Crippen molar-refractivity contribution in [3.05, 3.63) is 138 Å². The first-order valence-corrected chi connectivity index (χ1v) is 37.7. The van der Waals surface area contributed by atoms with E-state index >= 15 is 24.0 Å². The molecule has 22 N–H and O–H groups in total. The third-order valence-corrected chi connectivity index (χ3v) is 21.9. The number of benzene rings is 5. The number of rotatable bonds is 17. The highest BCUT2D eigenvalue weighted by Gasteiger charge is 2.53. The number of phenolic OH excluding ortho intramolecular Hbond substituents is 3. The lowest BCUT2D eigenvalue weighted by Gasteiger charge is -2.47. The lowest BCUT2D eigenvalue weighted by molar-refractivity contribution is -0.333. The fraction of sp³-hybridized carbons (Fsp3) is 0.462.